The molecule has 0 aliphatic rings. The van der Waals surface area contributed by atoms with Crippen molar-refractivity contribution in [1.29, 1.82) is 0 Å². The predicted molar refractivity (Wildman–Crippen MR) is 480 cm³/mol. The van der Waals surface area contributed by atoms with E-state index in [0.29, 0.717) is 88.6 Å². The van der Waals surface area contributed by atoms with E-state index in [9.17, 15) is 52.7 Å². The third-order valence-corrected chi connectivity index (χ3v) is 23.4. The first-order chi connectivity index (χ1) is 63.3. The molecule has 0 fully saturated rings. The topological polar surface area (TPSA) is 13.0 Å². The number of hydrogen-bond acceptors (Lipinski definition) is 4. The maximum atomic E-state index is 16.7. The van der Waals surface area contributed by atoms with Crippen LogP contribution in [0.1, 0.15) is 22.3 Å². The van der Waals surface area contributed by atoms with Crippen molar-refractivity contribution in [2.75, 3.05) is 19.6 Å². The summed E-state index contributed by atoms with van der Waals surface area (Å²) in [6, 6.07) is 86.8. The molecule has 20 aromatic rings. The summed E-state index contributed by atoms with van der Waals surface area (Å²) in [5, 5.41) is 8.06. The number of rotatable bonds is 16. The zero-order chi connectivity index (χ0) is 92.1. The first-order valence-electron chi connectivity index (χ1n) is 40.8. The van der Waals surface area contributed by atoms with Gasteiger partial charge in [-0.05, 0) is 199 Å². The summed E-state index contributed by atoms with van der Waals surface area (Å²) in [7, 11) is 0. The Balaban J connectivity index is 0.000000170. The minimum Gasteiger partial charge on any atom is -0.307 e. The molecule has 0 aromatic heterocycles. The molecule has 0 atom stereocenters. The molecule has 20 aromatic carbocycles. The Morgan fingerprint density at radius 3 is 0.659 bits per heavy atom. The van der Waals surface area contributed by atoms with Gasteiger partial charge in [0.25, 0.3) is 0 Å². The van der Waals surface area contributed by atoms with E-state index in [1.165, 1.54) is 56.0 Å². The predicted octanol–water partition coefficient (Wildman–Crippen LogP) is 34.9. The van der Waals surface area contributed by atoms with Gasteiger partial charge in [-0.3, -0.25) is 0 Å². The highest BCUT2D eigenvalue weighted by atomic mass is 19.4. The first kappa shape index (κ1) is 85.7. The highest BCUT2D eigenvalue weighted by molar-refractivity contribution is 6.30. The van der Waals surface area contributed by atoms with Gasteiger partial charge in [0.05, 0.1) is 67.8 Å². The average Bonchev–Trinajstić information content (AvgIpc) is 0.719. The maximum Gasteiger partial charge on any atom is 0.417 e. The lowest BCUT2D eigenvalue weighted by molar-refractivity contribution is -0.138. The van der Waals surface area contributed by atoms with Crippen LogP contribution >= 0.6 is 0 Å². The van der Waals surface area contributed by atoms with Gasteiger partial charge in [-0.15, -0.1) is 0 Å². The molecule has 0 radical (unpaired) electrons. The van der Waals surface area contributed by atoms with Crippen molar-refractivity contribution in [1.82, 2.24) is 0 Å². The number of benzene rings is 20. The van der Waals surface area contributed by atoms with Crippen LogP contribution in [0.4, 0.5) is 156 Å². The third-order valence-electron chi connectivity index (χ3n) is 23.4. The monoisotopic (exact) mass is 1790 g/mol. The zero-order valence-corrected chi connectivity index (χ0v) is 68.0. The highest BCUT2D eigenvalue weighted by Gasteiger charge is 2.39. The number of halogens is 20. The van der Waals surface area contributed by atoms with Crippen LogP contribution in [0.3, 0.4) is 0 Å². The highest BCUT2D eigenvalue weighted by Crippen LogP contribution is 2.54. The van der Waals surface area contributed by atoms with Gasteiger partial charge in [-0.2, -0.15) is 52.7 Å². The zero-order valence-electron chi connectivity index (χ0n) is 68.0. The smallest absolute Gasteiger partial charge is 0.307 e. The van der Waals surface area contributed by atoms with Gasteiger partial charge in [-0.25, -0.2) is 35.1 Å². The summed E-state index contributed by atoms with van der Waals surface area (Å²) in [4.78, 5) is 6.03. The van der Waals surface area contributed by atoms with Crippen LogP contribution in [-0.2, 0) is 24.7 Å². The van der Waals surface area contributed by atoms with Gasteiger partial charge in [0, 0.05) is 90.8 Å². The normalized spacial score (nSPS) is 12.1. The molecular formula is C108H60F20N4. The van der Waals surface area contributed by atoms with Crippen LogP contribution in [0, 0.1) is 46.5 Å². The van der Waals surface area contributed by atoms with Gasteiger partial charge in [-0.1, -0.05) is 206 Å². The van der Waals surface area contributed by atoms with E-state index in [4.69, 9.17) is 0 Å². The largest absolute Gasteiger partial charge is 0.417 e. The molecule has 0 amide bonds. The molecule has 0 heterocycles. The SMILES string of the molecule is Fc1cc(N(c2ccccc2)c2ccc3ccc4c(N(c5ccccc5)c5cc(F)c(-c6cccc(C(F)(F)F)c6)cc5F)ccc5ccc2c3c54)c(F)cc1-c1cccc(C(F)(F)F)c1.Fc1cc(N(c2ccccc2)c2ccc3ccc4c(N(c5ccccc5)c5cc(F)c(-c6ccccc6C(F)(F)F)cc5F)ccc5ccc2c3c54)c(F)cc1-c1ccccc1C(F)(F)F. The quantitative estimate of drug-likeness (QED) is 0.0706. The second kappa shape index (κ2) is 33.4. The van der Waals surface area contributed by atoms with Crippen LogP contribution in [0.25, 0.3) is 109 Å². The van der Waals surface area contributed by atoms with Crippen molar-refractivity contribution in [2.24, 2.45) is 0 Å². The summed E-state index contributed by atoms with van der Waals surface area (Å²) in [6.07, 6.45) is -19.1. The second-order valence-electron chi connectivity index (χ2n) is 31.2. The van der Waals surface area contributed by atoms with E-state index in [1.807, 2.05) is 60.7 Å². The molecule has 0 aliphatic heterocycles. The van der Waals surface area contributed by atoms with Crippen LogP contribution < -0.4 is 19.6 Å². The molecule has 24 heteroatoms. The summed E-state index contributed by atoms with van der Waals surface area (Å²) >= 11 is 0. The van der Waals surface area contributed by atoms with E-state index in [2.05, 4.69) is 0 Å². The molecule has 0 aliphatic carbocycles. The maximum absolute atomic E-state index is 16.7. The number of alkyl halides is 12. The van der Waals surface area contributed by atoms with Crippen molar-refractivity contribution in [3.05, 3.63) is 433 Å². The van der Waals surface area contributed by atoms with E-state index in [0.717, 1.165) is 131 Å². The Bertz CT molecular complexity index is 7380. The Morgan fingerprint density at radius 1 is 0.167 bits per heavy atom. The number of nitrogens with zero attached hydrogens (tertiary/aromatic N) is 4. The van der Waals surface area contributed by atoms with Crippen molar-refractivity contribution in [2.45, 2.75) is 24.7 Å². The van der Waals surface area contributed by atoms with Gasteiger partial charge in [0.15, 0.2) is 0 Å². The fraction of sp³-hybridized carbons (Fsp3) is 0.0370. The molecule has 0 unspecified atom stereocenters. The fourth-order valence-electron chi connectivity index (χ4n) is 17.6. The summed E-state index contributed by atoms with van der Waals surface area (Å²) < 4.78 is 298. The molecule has 0 bridgehead atoms. The molecule has 20 rings (SSSR count). The fourth-order valence-corrected chi connectivity index (χ4v) is 17.6. The van der Waals surface area contributed by atoms with Crippen LogP contribution in [0.5, 0.6) is 0 Å². The minimum absolute atomic E-state index is 0.156. The van der Waals surface area contributed by atoms with Crippen molar-refractivity contribution in [3.8, 4) is 44.5 Å². The van der Waals surface area contributed by atoms with Gasteiger partial charge in [0.1, 0.15) is 46.5 Å². The van der Waals surface area contributed by atoms with E-state index >= 15 is 35.1 Å². The minimum atomic E-state index is -4.84. The summed E-state index contributed by atoms with van der Waals surface area (Å²) in [5.74, 6) is -7.91. The number of anilines is 12. The molecule has 652 valence electrons. The second-order valence-corrected chi connectivity index (χ2v) is 31.2. The Labute approximate surface area is 738 Å². The van der Waals surface area contributed by atoms with Crippen molar-refractivity contribution in [3.63, 3.8) is 0 Å². The summed E-state index contributed by atoms with van der Waals surface area (Å²) in [6.45, 7) is 0. The van der Waals surface area contributed by atoms with Gasteiger partial charge >= 0.3 is 24.7 Å². The summed E-state index contributed by atoms with van der Waals surface area (Å²) in [5.41, 5.74) is -5.14. The van der Waals surface area contributed by atoms with Crippen molar-refractivity contribution >= 4 is 133 Å². The van der Waals surface area contributed by atoms with Crippen LogP contribution in [0.2, 0.25) is 0 Å². The van der Waals surface area contributed by atoms with E-state index < -0.39 is 116 Å². The van der Waals surface area contributed by atoms with Crippen LogP contribution in [0.15, 0.2) is 364 Å². The molecule has 0 N–H and O–H groups in total. The Kier molecular flexibility index (Phi) is 21.7. The first-order valence-corrected chi connectivity index (χ1v) is 40.8. The van der Waals surface area contributed by atoms with Crippen LogP contribution in [-0.4, -0.2) is 0 Å². The van der Waals surface area contributed by atoms with Crippen molar-refractivity contribution < 1.29 is 87.8 Å². The number of para-hydroxylation sites is 4. The van der Waals surface area contributed by atoms with E-state index in [-0.39, 0.29) is 45.0 Å². The number of hydrogen-bond donors (Lipinski definition) is 0. The molecule has 0 saturated heterocycles. The standard InChI is InChI=1S/2C54H30F10N2/c55-43-29-49(45(57)27-41(43)33-9-7-11-35(25-33)53(59,60)61)65(37-13-3-1-4-14-37)47-23-19-31-18-22-40-48(24-20-32-17-21-39(47)51(31)52(32)40)66(38-15-5-2-6-16-38)50-30-44(56)42(28-46(50)58)34-10-8-12-36(26-34)54(62,63)64;55-43-29-49(45(57)27-39(43)35-15-7-9-17-41(35)53(59,60)61)65(33-11-3-1-4-12-33)47-25-21-31-20-24-38-48(26-22-32-19-23-37(47)51(31)52(32)38)66(34-13-5-2-6-14-34)50-30-44(56)40(28-46(50)58)36-16-8-10-18-42(36)54(62,63)64/h2*1-30H. The van der Waals surface area contributed by atoms with Gasteiger partial charge in [0.2, 0.25) is 0 Å². The average molecular weight is 1790 g/mol. The molecule has 0 saturated carbocycles. The molecule has 0 spiro atoms. The lowest BCUT2D eigenvalue weighted by atomic mass is 9.91. The third kappa shape index (κ3) is 15.6. The molecular weight excluding hydrogens is 1730 g/mol. The molecule has 132 heavy (non-hydrogen) atoms. The lowest BCUT2D eigenvalue weighted by Crippen LogP contribution is -2.14. The van der Waals surface area contributed by atoms with Gasteiger partial charge < -0.3 is 19.6 Å². The van der Waals surface area contributed by atoms with E-state index in [1.54, 1.807) is 158 Å². The Morgan fingerprint density at radius 2 is 0.402 bits per heavy atom. The lowest BCUT2D eigenvalue weighted by Gasteiger charge is -2.30. The Hall–Kier alpha value is -15.7. The molecule has 4 nitrogen and oxygen atoms in total.